The number of aliphatic hydroxyl groups is 1. The highest BCUT2D eigenvalue weighted by molar-refractivity contribution is 7.47. The highest BCUT2D eigenvalue weighted by Crippen LogP contribution is 2.43. The van der Waals surface area contributed by atoms with Crippen molar-refractivity contribution in [2.75, 3.05) is 26.4 Å². The van der Waals surface area contributed by atoms with Gasteiger partial charge in [-0.1, -0.05) is 201 Å². The maximum Gasteiger partial charge on any atom is 0.472 e. The first-order chi connectivity index (χ1) is 35.2. The number of phosphoric ester groups is 1. The Bertz CT molecular complexity index is 1580. The van der Waals surface area contributed by atoms with E-state index in [0.717, 1.165) is 109 Å². The summed E-state index contributed by atoms with van der Waals surface area (Å²) in [5, 5.41) is 9.79. The van der Waals surface area contributed by atoms with Crippen LogP contribution in [0.4, 0.5) is 0 Å². The Morgan fingerprint density at radius 2 is 0.778 bits per heavy atom. The maximum absolute atomic E-state index is 12.9. The van der Waals surface area contributed by atoms with Gasteiger partial charge >= 0.3 is 25.7 Å². The minimum absolute atomic E-state index is 0.0410. The lowest BCUT2D eigenvalue weighted by Gasteiger charge is -2.21. The van der Waals surface area contributed by atoms with Gasteiger partial charge in [0.05, 0.1) is 19.8 Å². The van der Waals surface area contributed by atoms with Gasteiger partial charge in [0.15, 0.2) is 6.10 Å². The summed E-state index contributed by atoms with van der Waals surface area (Å²) < 4.78 is 39.3. The van der Waals surface area contributed by atoms with Crippen LogP contribution in [0.15, 0.2) is 97.2 Å². The topological polar surface area (TPSA) is 155 Å². The summed E-state index contributed by atoms with van der Waals surface area (Å²) in [7, 11) is -4.77. The molecule has 0 rings (SSSR count). The van der Waals surface area contributed by atoms with E-state index >= 15 is 0 Å². The number of phosphoric acid groups is 1. The van der Waals surface area contributed by atoms with Crippen molar-refractivity contribution in [1.29, 1.82) is 0 Å². The van der Waals surface area contributed by atoms with Crippen LogP contribution in [0.2, 0.25) is 0 Å². The number of unbranched alkanes of at least 4 members (excludes halogenated alkanes) is 18. The minimum Gasteiger partial charge on any atom is -0.462 e. The van der Waals surface area contributed by atoms with Crippen molar-refractivity contribution in [1.82, 2.24) is 0 Å². The molecule has 0 saturated carbocycles. The van der Waals surface area contributed by atoms with Crippen LogP contribution in [0.1, 0.15) is 226 Å². The van der Waals surface area contributed by atoms with E-state index in [4.69, 9.17) is 23.3 Å². The number of esters is 3. The molecule has 3 unspecified atom stereocenters. The fourth-order valence-electron chi connectivity index (χ4n) is 7.20. The van der Waals surface area contributed by atoms with Gasteiger partial charge in [-0.3, -0.25) is 23.4 Å². The molecule has 0 radical (unpaired) electrons. The predicted molar refractivity (Wildman–Crippen MR) is 297 cm³/mol. The Labute approximate surface area is 438 Å². The molecule has 0 aromatic heterocycles. The normalized spacial score (nSPS) is 14.1. The summed E-state index contributed by atoms with van der Waals surface area (Å²) >= 11 is 0. The Kier molecular flexibility index (Phi) is 51.0. The van der Waals surface area contributed by atoms with Gasteiger partial charge in [-0.15, -0.1) is 0 Å². The molecule has 0 aliphatic rings. The van der Waals surface area contributed by atoms with Crippen LogP contribution >= 0.6 is 7.82 Å². The van der Waals surface area contributed by atoms with Crippen molar-refractivity contribution in [2.45, 2.75) is 238 Å². The molecular formula is C60H101O11P. The lowest BCUT2D eigenvalue weighted by atomic mass is 10.1. The second-order valence-corrected chi connectivity index (χ2v) is 19.8. The molecule has 2 N–H and O–H groups in total. The van der Waals surface area contributed by atoms with Crippen molar-refractivity contribution >= 4 is 25.7 Å². The standard InChI is InChI=1S/C60H101O11P/c1-4-7-10-13-16-19-22-25-26-27-28-29-30-33-34-37-40-43-46-49-58(62)67-53-57(71-60(64)51-48-45-42-39-36-32-24-21-18-15-12-9-6-3)55-69-72(65,66)68-54-56(52-61)70-59(63)50-47-44-41-38-35-31-23-20-17-14-11-8-5-2/h9,11-12,14,16,18-21,23,25-26,32,36,42,45,56-57,61H,4-8,10,13,15,17,22,24,27-31,33-35,37-41,43-44,46-55H2,1-3H3,(H,65,66)/b12-9-,14-11-,19-16-,21-18-,23-20-,26-25-,36-32-,45-42-. The Hall–Kier alpha value is -3.60. The van der Waals surface area contributed by atoms with E-state index in [1.807, 2.05) is 12.2 Å². The molecule has 0 aliphatic heterocycles. The molecule has 0 aliphatic carbocycles. The van der Waals surface area contributed by atoms with Crippen LogP contribution in [0.25, 0.3) is 0 Å². The number of ether oxygens (including phenoxy) is 3. The first-order valence-corrected chi connectivity index (χ1v) is 29.6. The smallest absolute Gasteiger partial charge is 0.462 e. The number of carbonyl (C=O) groups excluding carboxylic acids is 3. The van der Waals surface area contributed by atoms with Crippen LogP contribution in [0.5, 0.6) is 0 Å². The lowest BCUT2D eigenvalue weighted by molar-refractivity contribution is -0.161. The molecule has 3 atom stereocenters. The first-order valence-electron chi connectivity index (χ1n) is 28.1. The summed E-state index contributed by atoms with van der Waals surface area (Å²) in [4.78, 5) is 48.4. The fraction of sp³-hybridized carbons (Fsp3) is 0.683. The third-order valence-electron chi connectivity index (χ3n) is 11.5. The SMILES string of the molecule is CC/C=C\C/C=C\C/C=C\C/C=C\CCC(=O)OC(COC(=O)CCCCCCCCCCC/C=C\C/C=C\CCCCC)COP(=O)(O)OCC(CO)OC(=O)CCCCCCC/C=C\C/C=C\CCC. The monoisotopic (exact) mass is 1030 g/mol. The highest BCUT2D eigenvalue weighted by Gasteiger charge is 2.28. The second-order valence-electron chi connectivity index (χ2n) is 18.4. The number of aliphatic hydroxyl groups excluding tert-OH is 1. The molecule has 412 valence electrons. The minimum atomic E-state index is -4.77. The Morgan fingerprint density at radius 3 is 1.25 bits per heavy atom. The van der Waals surface area contributed by atoms with Crippen LogP contribution in [0, 0.1) is 0 Å². The first kappa shape index (κ1) is 68.4. The van der Waals surface area contributed by atoms with Crippen molar-refractivity contribution in [3.63, 3.8) is 0 Å². The Balaban J connectivity index is 4.78. The van der Waals surface area contributed by atoms with Gasteiger partial charge in [0.2, 0.25) is 0 Å². The molecule has 0 aromatic carbocycles. The zero-order valence-electron chi connectivity index (χ0n) is 45.4. The number of allylic oxidation sites excluding steroid dienone is 16. The van der Waals surface area contributed by atoms with Crippen molar-refractivity contribution < 1.29 is 52.2 Å². The largest absolute Gasteiger partial charge is 0.472 e. The van der Waals surface area contributed by atoms with Crippen molar-refractivity contribution in [2.24, 2.45) is 0 Å². The molecule has 0 heterocycles. The second kappa shape index (κ2) is 53.7. The van der Waals surface area contributed by atoms with Gasteiger partial charge in [-0.25, -0.2) is 4.57 Å². The zero-order valence-corrected chi connectivity index (χ0v) is 46.3. The summed E-state index contributed by atoms with van der Waals surface area (Å²) in [5.74, 6) is -1.59. The van der Waals surface area contributed by atoms with Gasteiger partial charge < -0.3 is 24.2 Å². The maximum atomic E-state index is 12.9. The van der Waals surface area contributed by atoms with E-state index in [9.17, 15) is 28.9 Å². The van der Waals surface area contributed by atoms with E-state index in [-0.39, 0.29) is 25.9 Å². The number of rotatable bonds is 51. The molecular weight excluding hydrogens is 928 g/mol. The van der Waals surface area contributed by atoms with E-state index in [1.54, 1.807) is 0 Å². The molecule has 0 aromatic rings. The van der Waals surface area contributed by atoms with Gasteiger partial charge in [0, 0.05) is 19.3 Å². The van der Waals surface area contributed by atoms with E-state index in [1.165, 1.54) is 57.8 Å². The zero-order chi connectivity index (χ0) is 52.7. The van der Waals surface area contributed by atoms with E-state index in [0.29, 0.717) is 19.3 Å². The number of carbonyl (C=O) groups is 3. The summed E-state index contributed by atoms with van der Waals surface area (Å²) in [6.45, 7) is 4.32. The average molecular weight is 1030 g/mol. The third kappa shape index (κ3) is 51.3. The Morgan fingerprint density at radius 1 is 0.403 bits per heavy atom. The number of hydrogen-bond acceptors (Lipinski definition) is 10. The fourth-order valence-corrected chi connectivity index (χ4v) is 7.99. The van der Waals surface area contributed by atoms with Crippen LogP contribution < -0.4 is 0 Å². The summed E-state index contributed by atoms with van der Waals surface area (Å²) in [6, 6.07) is 0. The molecule has 72 heavy (non-hydrogen) atoms. The lowest BCUT2D eigenvalue weighted by Crippen LogP contribution is -2.30. The van der Waals surface area contributed by atoms with Gasteiger partial charge in [-0.05, 0) is 103 Å². The molecule has 0 spiro atoms. The summed E-state index contributed by atoms with van der Waals surface area (Å²) in [5.41, 5.74) is 0. The molecule has 0 saturated heterocycles. The molecule has 0 bridgehead atoms. The molecule has 0 amide bonds. The van der Waals surface area contributed by atoms with Gasteiger partial charge in [-0.2, -0.15) is 0 Å². The van der Waals surface area contributed by atoms with Crippen molar-refractivity contribution in [3.8, 4) is 0 Å². The third-order valence-corrected chi connectivity index (χ3v) is 12.4. The van der Waals surface area contributed by atoms with Gasteiger partial charge in [0.1, 0.15) is 12.7 Å². The van der Waals surface area contributed by atoms with E-state index < -0.39 is 57.8 Å². The average Bonchev–Trinajstić information content (AvgIpc) is 3.37. The molecule has 12 heteroatoms. The quantitative estimate of drug-likeness (QED) is 0.0197. The van der Waals surface area contributed by atoms with Crippen LogP contribution in [-0.2, 0) is 42.2 Å². The highest BCUT2D eigenvalue weighted by atomic mass is 31.2. The predicted octanol–water partition coefficient (Wildman–Crippen LogP) is 16.5. The van der Waals surface area contributed by atoms with E-state index in [2.05, 4.69) is 106 Å². The number of hydrogen-bond donors (Lipinski definition) is 2. The van der Waals surface area contributed by atoms with Crippen LogP contribution in [-0.4, -0.2) is 66.5 Å². The van der Waals surface area contributed by atoms with Gasteiger partial charge in [0.25, 0.3) is 0 Å². The molecule has 11 nitrogen and oxygen atoms in total. The van der Waals surface area contributed by atoms with Crippen LogP contribution in [0.3, 0.4) is 0 Å². The van der Waals surface area contributed by atoms with Crippen molar-refractivity contribution in [3.05, 3.63) is 97.2 Å². The molecule has 0 fully saturated rings. The summed E-state index contributed by atoms with van der Waals surface area (Å²) in [6.07, 6.45) is 62.5.